The van der Waals surface area contributed by atoms with E-state index in [0.29, 0.717) is 0 Å². The van der Waals surface area contributed by atoms with Gasteiger partial charge in [0.1, 0.15) is 22.7 Å². The van der Waals surface area contributed by atoms with Crippen LogP contribution in [0.5, 0.6) is 11.5 Å². The van der Waals surface area contributed by atoms with Crippen molar-refractivity contribution in [3.8, 4) is 33.8 Å². The van der Waals surface area contributed by atoms with E-state index in [1.54, 1.807) is 0 Å². The smallest absolute Gasteiger partial charge is 0.250 e. The Morgan fingerprint density at radius 1 is 0.362 bits per heavy atom. The van der Waals surface area contributed by atoms with Gasteiger partial charge in [-0.25, -0.2) is 0 Å². The van der Waals surface area contributed by atoms with Crippen LogP contribution in [0.3, 0.4) is 0 Å². The molecule has 9 aromatic carbocycles. The van der Waals surface area contributed by atoms with Crippen molar-refractivity contribution in [2.45, 2.75) is 0 Å². The largest absolute Gasteiger partial charge is 0.458 e. The highest BCUT2D eigenvalue weighted by Crippen LogP contribution is 2.37. The first kappa shape index (κ1) is 34.1. The number of para-hydroxylation sites is 3. The molecule has 0 aliphatic carbocycles. The first-order valence-electron chi connectivity index (χ1n) is 19.9. The molecule has 0 atom stereocenters. The molecule has 0 saturated carbocycles. The molecule has 1 aliphatic heterocycles. The molecule has 4 heteroatoms. The second-order valence-corrected chi connectivity index (χ2v) is 19.0. The fourth-order valence-electron chi connectivity index (χ4n) is 9.36. The lowest BCUT2D eigenvalue weighted by atomic mass is 9.36. The molecule has 0 radical (unpaired) electrons. The topological polar surface area (TPSA) is 22.4 Å². The summed E-state index contributed by atoms with van der Waals surface area (Å²) in [6.07, 6.45) is 0. The number of hydrogen-bond donors (Lipinski definition) is 0. The van der Waals surface area contributed by atoms with Gasteiger partial charge in [0.05, 0.1) is 0 Å². The van der Waals surface area contributed by atoms with Crippen molar-refractivity contribution in [2.75, 3.05) is 0 Å². The summed E-state index contributed by atoms with van der Waals surface area (Å²) in [4.78, 5) is 0. The molecule has 0 fully saturated rings. The van der Waals surface area contributed by atoms with Crippen LogP contribution in [0.25, 0.3) is 44.2 Å². The minimum atomic E-state index is -2.68. The maximum absolute atomic E-state index is 6.77. The molecular formula is C54H37BO2Si. The Bertz CT molecular complexity index is 2960. The van der Waals surface area contributed by atoms with Crippen molar-refractivity contribution in [3.63, 3.8) is 0 Å². The van der Waals surface area contributed by atoms with E-state index in [4.69, 9.17) is 9.15 Å². The number of furan rings is 1. The van der Waals surface area contributed by atoms with Crippen molar-refractivity contribution in [2.24, 2.45) is 0 Å². The summed E-state index contributed by atoms with van der Waals surface area (Å²) in [7, 11) is -2.68. The van der Waals surface area contributed by atoms with Crippen LogP contribution in [0.1, 0.15) is 0 Å². The van der Waals surface area contributed by atoms with Gasteiger partial charge in [-0.3, -0.25) is 0 Å². The van der Waals surface area contributed by atoms with Crippen LogP contribution in [0.4, 0.5) is 0 Å². The van der Waals surface area contributed by atoms with E-state index in [0.717, 1.165) is 44.6 Å². The van der Waals surface area contributed by atoms with Gasteiger partial charge in [0.25, 0.3) is 6.71 Å². The highest BCUT2D eigenvalue weighted by molar-refractivity contribution is 7.19. The Morgan fingerprint density at radius 3 is 1.55 bits per heavy atom. The molecule has 0 saturated heterocycles. The fraction of sp³-hybridized carbons (Fsp3) is 0. The van der Waals surface area contributed by atoms with Gasteiger partial charge >= 0.3 is 0 Å². The summed E-state index contributed by atoms with van der Waals surface area (Å²) in [5.74, 6) is 1.82. The van der Waals surface area contributed by atoms with Crippen LogP contribution in [0.15, 0.2) is 229 Å². The van der Waals surface area contributed by atoms with Crippen LogP contribution in [0.2, 0.25) is 0 Å². The normalized spacial score (nSPS) is 12.2. The summed E-state index contributed by atoms with van der Waals surface area (Å²) in [5, 5.41) is 7.66. The number of benzene rings is 9. The van der Waals surface area contributed by atoms with Crippen molar-refractivity contribution in [1.29, 1.82) is 0 Å². The first-order chi connectivity index (χ1) is 28.8. The van der Waals surface area contributed by atoms with Gasteiger partial charge in [0, 0.05) is 16.3 Å². The van der Waals surface area contributed by atoms with E-state index < -0.39 is 8.07 Å². The van der Waals surface area contributed by atoms with Gasteiger partial charge in [-0.15, -0.1) is 0 Å². The summed E-state index contributed by atoms with van der Waals surface area (Å²) in [6, 6.07) is 81.5. The van der Waals surface area contributed by atoms with E-state index >= 15 is 0 Å². The van der Waals surface area contributed by atoms with E-state index in [1.165, 1.54) is 48.3 Å². The van der Waals surface area contributed by atoms with Gasteiger partial charge in [0.2, 0.25) is 0 Å². The van der Waals surface area contributed by atoms with Gasteiger partial charge in [-0.05, 0) is 72.6 Å². The monoisotopic (exact) mass is 756 g/mol. The summed E-state index contributed by atoms with van der Waals surface area (Å²) >= 11 is 0. The predicted molar refractivity (Wildman–Crippen MR) is 246 cm³/mol. The molecule has 0 amide bonds. The van der Waals surface area contributed by atoms with E-state index in [9.17, 15) is 0 Å². The minimum absolute atomic E-state index is 0.0572. The molecular weight excluding hydrogens is 719 g/mol. The zero-order chi connectivity index (χ0) is 38.5. The number of fused-ring (bicyclic) bond motifs is 5. The Hall–Kier alpha value is -7.14. The molecule has 11 rings (SSSR count). The van der Waals surface area contributed by atoms with Crippen LogP contribution in [0, 0.1) is 0 Å². The van der Waals surface area contributed by atoms with Crippen LogP contribution in [-0.4, -0.2) is 14.8 Å². The van der Waals surface area contributed by atoms with E-state index in [1.807, 2.05) is 12.1 Å². The Morgan fingerprint density at radius 2 is 0.897 bits per heavy atom. The lowest BCUT2D eigenvalue weighted by molar-refractivity contribution is 0.487. The van der Waals surface area contributed by atoms with Crippen molar-refractivity contribution >= 4 is 73.9 Å². The lowest BCUT2D eigenvalue weighted by Crippen LogP contribution is -2.74. The summed E-state index contributed by atoms with van der Waals surface area (Å²) < 4.78 is 13.1. The Kier molecular flexibility index (Phi) is 8.30. The van der Waals surface area contributed by atoms with Gasteiger partial charge in [0.15, 0.2) is 8.07 Å². The van der Waals surface area contributed by atoms with Gasteiger partial charge in [-0.1, -0.05) is 206 Å². The Labute approximate surface area is 339 Å². The molecule has 1 aromatic heterocycles. The average molecular weight is 757 g/mol. The molecule has 272 valence electrons. The third-order valence-corrected chi connectivity index (χ3v) is 16.7. The molecule has 2 heterocycles. The van der Waals surface area contributed by atoms with Crippen molar-refractivity contribution in [3.05, 3.63) is 224 Å². The maximum Gasteiger partial charge on any atom is 0.250 e. The third-order valence-electron chi connectivity index (χ3n) is 12.0. The van der Waals surface area contributed by atoms with Crippen molar-refractivity contribution in [1.82, 2.24) is 0 Å². The molecule has 0 unspecified atom stereocenters. The van der Waals surface area contributed by atoms with Crippen LogP contribution < -0.4 is 41.9 Å². The highest BCUT2D eigenvalue weighted by Gasteiger charge is 2.41. The number of ether oxygens (including phenoxy) is 1. The zero-order valence-corrected chi connectivity index (χ0v) is 32.8. The molecule has 0 N–H and O–H groups in total. The quantitative estimate of drug-likeness (QED) is 0.120. The second-order valence-electron chi connectivity index (χ2n) is 15.2. The molecule has 10 aromatic rings. The highest BCUT2D eigenvalue weighted by atomic mass is 28.3. The molecule has 0 spiro atoms. The fourth-order valence-corrected chi connectivity index (χ4v) is 14.2. The molecule has 2 nitrogen and oxygen atoms in total. The second kappa shape index (κ2) is 14.1. The number of hydrogen-bond acceptors (Lipinski definition) is 2. The molecule has 0 bridgehead atoms. The lowest BCUT2D eigenvalue weighted by Gasteiger charge is -2.34. The number of rotatable bonds is 7. The van der Waals surface area contributed by atoms with Crippen molar-refractivity contribution < 1.29 is 9.15 Å². The van der Waals surface area contributed by atoms with Gasteiger partial charge in [-0.2, -0.15) is 0 Å². The average Bonchev–Trinajstić information content (AvgIpc) is 3.68. The third kappa shape index (κ3) is 5.56. The molecule has 1 aliphatic rings. The Balaban J connectivity index is 1.03. The first-order valence-corrected chi connectivity index (χ1v) is 21.9. The zero-order valence-electron chi connectivity index (χ0n) is 31.8. The standard InChI is InChI=1S/C54H37BO2Si/c1-4-20-42(21-5-1)58(43-22-6-2-7-23-43,44-24-8-3-9-25-44)45-26-15-17-38(36-45)39-33-34-51-48(37-39)47-28-16-27-46(54(47)57-51)40-18-14-19-41(35-40)55-49-29-10-12-31-52(49)56-53-32-13-11-30-50(53)55/h1-37H. The van der Waals surface area contributed by atoms with E-state index in [2.05, 4.69) is 212 Å². The SMILES string of the molecule is c1ccc([Si](c2ccccc2)(c2ccccc2)c2cccc(-c3ccc4oc5c(-c6cccc(B7c8ccccc8Oc8ccccc87)c6)cccc5c4c3)c2)cc1. The predicted octanol–water partition coefficient (Wildman–Crippen LogP) is 8.92. The summed E-state index contributed by atoms with van der Waals surface area (Å²) in [6.45, 7) is 0.0572. The van der Waals surface area contributed by atoms with Crippen LogP contribution in [-0.2, 0) is 0 Å². The molecule has 58 heavy (non-hydrogen) atoms. The van der Waals surface area contributed by atoms with Crippen LogP contribution >= 0.6 is 0 Å². The minimum Gasteiger partial charge on any atom is -0.458 e. The van der Waals surface area contributed by atoms with E-state index in [-0.39, 0.29) is 6.71 Å². The maximum atomic E-state index is 6.77. The van der Waals surface area contributed by atoms with Gasteiger partial charge < -0.3 is 9.15 Å². The summed E-state index contributed by atoms with van der Waals surface area (Å²) in [5.41, 5.74) is 9.91.